The van der Waals surface area contributed by atoms with E-state index in [0.717, 1.165) is 0 Å². The molecule has 1 aromatic rings. The highest BCUT2D eigenvalue weighted by Gasteiger charge is 2.52. The van der Waals surface area contributed by atoms with Gasteiger partial charge in [0.05, 0.1) is 16.7 Å². The zero-order valence-corrected chi connectivity index (χ0v) is 13.8. The molecule has 2 N–H and O–H groups in total. The van der Waals surface area contributed by atoms with E-state index in [9.17, 15) is 4.79 Å². The van der Waals surface area contributed by atoms with E-state index in [1.165, 1.54) is 0 Å². The van der Waals surface area contributed by atoms with Crippen molar-refractivity contribution in [3.8, 4) is 0 Å². The Morgan fingerprint density at radius 3 is 2.05 bits per heavy atom. The molecule has 8 heteroatoms. The third-order valence-corrected chi connectivity index (χ3v) is 4.18. The number of hydrogen-bond acceptors (Lipinski definition) is 5. The molecule has 22 heavy (non-hydrogen) atoms. The Labute approximate surface area is 130 Å². The number of nitrogens with zero attached hydrogens (tertiary/aromatic N) is 2. The van der Waals surface area contributed by atoms with Gasteiger partial charge in [-0.3, -0.25) is 0 Å². The van der Waals surface area contributed by atoms with E-state index in [0.29, 0.717) is 11.3 Å². The van der Waals surface area contributed by atoms with Gasteiger partial charge in [0.1, 0.15) is 0 Å². The highest BCUT2D eigenvalue weighted by molar-refractivity contribution is 6.61. The average molecular weight is 307 g/mol. The highest BCUT2D eigenvalue weighted by Crippen LogP contribution is 2.36. The van der Waals surface area contributed by atoms with Crippen LogP contribution in [-0.4, -0.2) is 39.5 Å². The molecule has 1 aliphatic heterocycles. The summed E-state index contributed by atoms with van der Waals surface area (Å²) in [5.41, 5.74) is -1.03. The summed E-state index contributed by atoms with van der Waals surface area (Å²) in [5, 5.41) is 11.2. The minimum atomic E-state index is -1.12. The van der Waals surface area contributed by atoms with Crippen LogP contribution in [0.3, 0.4) is 0 Å². The lowest BCUT2D eigenvalue weighted by Crippen LogP contribution is -2.42. The molecule has 0 spiro atoms. The van der Waals surface area contributed by atoms with Gasteiger partial charge in [0, 0.05) is 17.9 Å². The van der Waals surface area contributed by atoms with Crippen molar-refractivity contribution in [2.24, 2.45) is 0 Å². The fraction of sp³-hybridized carbons (Fsp3) is 0.643. The Morgan fingerprint density at radius 2 is 1.64 bits per heavy atom. The van der Waals surface area contributed by atoms with E-state index in [1.54, 1.807) is 26.2 Å². The van der Waals surface area contributed by atoms with E-state index in [4.69, 9.17) is 14.4 Å². The Bertz CT molecular complexity index is 556. The number of carboxylic acid groups (broad SMARTS) is 1. The summed E-state index contributed by atoms with van der Waals surface area (Å²) in [6, 6.07) is 0. The molecule has 0 saturated carbocycles. The summed E-state index contributed by atoms with van der Waals surface area (Å²) >= 11 is 0. The third kappa shape index (κ3) is 3.07. The molecule has 1 aromatic heterocycles. The maximum absolute atomic E-state index is 10.8. The van der Waals surface area contributed by atoms with Crippen LogP contribution >= 0.6 is 0 Å². The van der Waals surface area contributed by atoms with E-state index in [2.05, 4.69) is 15.3 Å². The lowest BCUT2D eigenvalue weighted by atomic mass is 9.81. The topological polar surface area (TPSA) is 93.6 Å². The highest BCUT2D eigenvalue weighted by atomic mass is 16.7. The van der Waals surface area contributed by atoms with Crippen molar-refractivity contribution in [2.75, 3.05) is 0 Å². The lowest BCUT2D eigenvalue weighted by Gasteiger charge is -2.32. The Hall–Kier alpha value is -1.67. The number of aromatic nitrogens is 2. The summed E-state index contributed by atoms with van der Waals surface area (Å²) in [6.45, 7) is 11.3. The van der Waals surface area contributed by atoms with Crippen molar-refractivity contribution >= 4 is 18.7 Å². The van der Waals surface area contributed by atoms with Gasteiger partial charge >= 0.3 is 13.2 Å². The van der Waals surface area contributed by atoms with E-state index in [-0.39, 0.29) is 0 Å². The minimum Gasteiger partial charge on any atom is -0.465 e. The van der Waals surface area contributed by atoms with Crippen LogP contribution in [0.5, 0.6) is 0 Å². The maximum Gasteiger partial charge on any atom is 0.498 e. The SMILES string of the molecule is CC(C)(NC(=O)O)c1ncc(B2OC(C)(C)C(C)(C)O2)cn1. The van der Waals surface area contributed by atoms with Crippen molar-refractivity contribution in [2.45, 2.75) is 58.3 Å². The molecule has 0 bridgehead atoms. The second-order valence-electron chi connectivity index (χ2n) is 6.98. The molecule has 2 rings (SSSR count). The summed E-state index contributed by atoms with van der Waals surface area (Å²) in [7, 11) is -0.533. The fourth-order valence-corrected chi connectivity index (χ4v) is 2.08. The molecule has 120 valence electrons. The van der Waals surface area contributed by atoms with Crippen molar-refractivity contribution in [1.82, 2.24) is 15.3 Å². The van der Waals surface area contributed by atoms with Gasteiger partial charge < -0.3 is 19.7 Å². The van der Waals surface area contributed by atoms with Gasteiger partial charge in [-0.25, -0.2) is 14.8 Å². The first kappa shape index (κ1) is 16.7. The van der Waals surface area contributed by atoms with Gasteiger partial charge in [-0.1, -0.05) is 0 Å². The van der Waals surface area contributed by atoms with Gasteiger partial charge in [0.25, 0.3) is 0 Å². The quantitative estimate of drug-likeness (QED) is 0.817. The largest absolute Gasteiger partial charge is 0.498 e. The van der Waals surface area contributed by atoms with Crippen molar-refractivity contribution in [3.05, 3.63) is 18.2 Å². The van der Waals surface area contributed by atoms with Gasteiger partial charge in [-0.05, 0) is 41.5 Å². The van der Waals surface area contributed by atoms with Crippen LogP contribution in [0.4, 0.5) is 4.79 Å². The molecular formula is C14H22BN3O4. The molecule has 2 heterocycles. The Morgan fingerprint density at radius 1 is 1.18 bits per heavy atom. The van der Waals surface area contributed by atoms with Crippen LogP contribution in [0, 0.1) is 0 Å². The minimum absolute atomic E-state index is 0.384. The normalized spacial score (nSPS) is 20.0. The molecule has 0 aliphatic carbocycles. The van der Waals surface area contributed by atoms with Crippen LogP contribution in [-0.2, 0) is 14.8 Å². The van der Waals surface area contributed by atoms with E-state index >= 15 is 0 Å². The second kappa shape index (κ2) is 5.21. The first-order chi connectivity index (χ1) is 9.95. The maximum atomic E-state index is 10.8. The molecule has 0 aromatic carbocycles. The number of rotatable bonds is 3. The summed E-state index contributed by atoms with van der Waals surface area (Å²) in [5.74, 6) is 0.384. The predicted molar refractivity (Wildman–Crippen MR) is 81.9 cm³/mol. The fourth-order valence-electron chi connectivity index (χ4n) is 2.08. The van der Waals surface area contributed by atoms with E-state index in [1.807, 2.05) is 27.7 Å². The second-order valence-corrected chi connectivity index (χ2v) is 6.98. The number of carbonyl (C=O) groups is 1. The Balaban J connectivity index is 2.19. The molecule has 1 aliphatic rings. The standard InChI is InChI=1S/C14H22BN3O4/c1-12(2,18-11(19)20)10-16-7-9(8-17-10)15-21-13(3,4)14(5,6)22-15/h7-8,18H,1-6H3,(H,19,20). The third-order valence-electron chi connectivity index (χ3n) is 4.18. The molecular weight excluding hydrogens is 285 g/mol. The van der Waals surface area contributed by atoms with Crippen LogP contribution < -0.4 is 10.8 Å². The summed E-state index contributed by atoms with van der Waals surface area (Å²) < 4.78 is 11.9. The zero-order chi connectivity index (χ0) is 16.8. The monoisotopic (exact) mass is 307 g/mol. The number of amides is 1. The van der Waals surface area contributed by atoms with Gasteiger partial charge in [-0.15, -0.1) is 0 Å². The van der Waals surface area contributed by atoms with Crippen LogP contribution in [0.2, 0.25) is 0 Å². The van der Waals surface area contributed by atoms with Gasteiger partial charge in [0.15, 0.2) is 5.82 Å². The van der Waals surface area contributed by atoms with Gasteiger partial charge in [0.2, 0.25) is 0 Å². The average Bonchev–Trinajstić information content (AvgIpc) is 2.57. The molecule has 1 saturated heterocycles. The van der Waals surface area contributed by atoms with E-state index < -0.39 is 30.0 Å². The molecule has 7 nitrogen and oxygen atoms in total. The molecule has 0 atom stereocenters. The van der Waals surface area contributed by atoms with Crippen LogP contribution in [0.25, 0.3) is 0 Å². The number of nitrogens with one attached hydrogen (secondary N) is 1. The zero-order valence-electron chi connectivity index (χ0n) is 13.8. The summed E-state index contributed by atoms with van der Waals surface area (Å²) in [6.07, 6.45) is 2.09. The molecule has 1 amide bonds. The van der Waals surface area contributed by atoms with Crippen molar-refractivity contribution in [3.63, 3.8) is 0 Å². The van der Waals surface area contributed by atoms with Crippen molar-refractivity contribution in [1.29, 1.82) is 0 Å². The predicted octanol–water partition coefficient (Wildman–Crippen LogP) is 1.28. The molecule has 1 fully saturated rings. The lowest BCUT2D eigenvalue weighted by molar-refractivity contribution is 0.00578. The molecule has 0 unspecified atom stereocenters. The van der Waals surface area contributed by atoms with Crippen molar-refractivity contribution < 1.29 is 19.2 Å². The van der Waals surface area contributed by atoms with Crippen LogP contribution in [0.15, 0.2) is 12.4 Å². The van der Waals surface area contributed by atoms with Gasteiger partial charge in [-0.2, -0.15) is 0 Å². The Kier molecular flexibility index (Phi) is 3.95. The number of hydrogen-bond donors (Lipinski definition) is 2. The van der Waals surface area contributed by atoms with Crippen LogP contribution in [0.1, 0.15) is 47.4 Å². The first-order valence-corrected chi connectivity index (χ1v) is 7.14. The molecule has 0 radical (unpaired) electrons. The summed E-state index contributed by atoms with van der Waals surface area (Å²) in [4.78, 5) is 19.3. The first-order valence-electron chi connectivity index (χ1n) is 7.14. The smallest absolute Gasteiger partial charge is 0.465 e.